The number of phenols is 1. The molecule has 0 spiro atoms. The van der Waals surface area contributed by atoms with Crippen molar-refractivity contribution in [3.8, 4) is 11.5 Å². The quantitative estimate of drug-likeness (QED) is 0.724. The fraction of sp³-hybridized carbons (Fsp3) is 0.167. The number of benzene rings is 2. The van der Waals surface area contributed by atoms with Gasteiger partial charge in [0.05, 0.1) is 10.9 Å². The van der Waals surface area contributed by atoms with Crippen LogP contribution in [0.1, 0.15) is 17.5 Å². The van der Waals surface area contributed by atoms with Gasteiger partial charge < -0.3 is 14.6 Å². The van der Waals surface area contributed by atoms with Gasteiger partial charge in [-0.25, -0.2) is 4.79 Å². The Labute approximate surface area is 127 Å². The smallest absolute Gasteiger partial charge is 0.343 e. The van der Waals surface area contributed by atoms with Gasteiger partial charge in [-0.3, -0.25) is 0 Å². The second kappa shape index (κ2) is 5.93. The molecule has 0 aliphatic heterocycles. The fourth-order valence-corrected chi connectivity index (χ4v) is 2.55. The van der Waals surface area contributed by atoms with Crippen LogP contribution in [0.2, 0.25) is 0 Å². The lowest BCUT2D eigenvalue weighted by atomic mass is 10.0. The van der Waals surface area contributed by atoms with Gasteiger partial charge in [0.15, 0.2) is 0 Å². The summed E-state index contributed by atoms with van der Waals surface area (Å²) < 4.78 is 5.20. The zero-order valence-electron chi connectivity index (χ0n) is 12.0. The molecular weight excluding hydrogens is 280 g/mol. The van der Waals surface area contributed by atoms with Crippen molar-refractivity contribution in [1.29, 1.82) is 0 Å². The highest BCUT2D eigenvalue weighted by molar-refractivity contribution is 5.85. The molecule has 0 atom stereocenters. The molecule has 3 aromatic rings. The first-order valence-corrected chi connectivity index (χ1v) is 7.17. The lowest BCUT2D eigenvalue weighted by molar-refractivity contribution is 0.451. The Bertz CT molecular complexity index is 850. The zero-order valence-corrected chi connectivity index (χ0v) is 12.0. The van der Waals surface area contributed by atoms with E-state index in [4.69, 9.17) is 4.42 Å². The average molecular weight is 296 g/mol. The van der Waals surface area contributed by atoms with Gasteiger partial charge in [-0.15, -0.1) is 0 Å². The van der Waals surface area contributed by atoms with E-state index in [2.05, 4.69) is 0 Å². The molecule has 4 nitrogen and oxygen atoms in total. The first-order chi connectivity index (χ1) is 10.6. The Morgan fingerprint density at radius 1 is 0.955 bits per heavy atom. The van der Waals surface area contributed by atoms with E-state index in [1.165, 1.54) is 23.8 Å². The summed E-state index contributed by atoms with van der Waals surface area (Å²) in [4.78, 5) is 12.0. The summed E-state index contributed by atoms with van der Waals surface area (Å²) in [7, 11) is 0. The van der Waals surface area contributed by atoms with E-state index < -0.39 is 5.63 Å². The van der Waals surface area contributed by atoms with Crippen molar-refractivity contribution in [2.45, 2.75) is 19.3 Å². The third kappa shape index (κ3) is 2.81. The summed E-state index contributed by atoms with van der Waals surface area (Å²) in [6.07, 6.45) is 1.97. The molecule has 0 saturated carbocycles. The van der Waals surface area contributed by atoms with Crippen LogP contribution in [-0.2, 0) is 12.8 Å². The van der Waals surface area contributed by atoms with E-state index in [9.17, 15) is 15.0 Å². The third-order valence-electron chi connectivity index (χ3n) is 3.69. The van der Waals surface area contributed by atoms with Crippen LogP contribution in [0.4, 0.5) is 0 Å². The third-order valence-corrected chi connectivity index (χ3v) is 3.69. The zero-order chi connectivity index (χ0) is 15.5. The van der Waals surface area contributed by atoms with E-state index in [0.29, 0.717) is 11.8 Å². The molecule has 22 heavy (non-hydrogen) atoms. The Kier molecular flexibility index (Phi) is 3.83. The van der Waals surface area contributed by atoms with Crippen LogP contribution in [0.15, 0.2) is 57.7 Å². The number of phenolic OH excluding ortho intramolecular Hbond substituents is 1. The molecule has 2 aromatic carbocycles. The van der Waals surface area contributed by atoms with Gasteiger partial charge in [-0.05, 0) is 43.0 Å². The minimum Gasteiger partial charge on any atom is -0.508 e. The monoisotopic (exact) mass is 296 g/mol. The topological polar surface area (TPSA) is 70.7 Å². The molecule has 0 unspecified atom stereocenters. The first kappa shape index (κ1) is 14.2. The molecule has 112 valence electrons. The van der Waals surface area contributed by atoms with Crippen molar-refractivity contribution < 1.29 is 14.6 Å². The van der Waals surface area contributed by atoms with Gasteiger partial charge in [0, 0.05) is 0 Å². The molecule has 1 heterocycles. The molecule has 2 N–H and O–H groups in total. The van der Waals surface area contributed by atoms with Gasteiger partial charge in [0.2, 0.25) is 0 Å². The van der Waals surface area contributed by atoms with Crippen molar-refractivity contribution in [2.75, 3.05) is 0 Å². The highest BCUT2D eigenvalue weighted by atomic mass is 16.4. The number of hydrogen-bond acceptors (Lipinski definition) is 4. The van der Waals surface area contributed by atoms with Crippen LogP contribution in [0.25, 0.3) is 11.0 Å². The lowest BCUT2D eigenvalue weighted by Gasteiger charge is -2.07. The normalized spacial score (nSPS) is 10.9. The molecule has 0 saturated heterocycles. The highest BCUT2D eigenvalue weighted by Crippen LogP contribution is 2.29. The molecular formula is C18H16O4. The Morgan fingerprint density at radius 3 is 2.50 bits per heavy atom. The lowest BCUT2D eigenvalue weighted by Crippen LogP contribution is -2.08. The molecule has 3 rings (SSSR count). The van der Waals surface area contributed by atoms with E-state index in [1.807, 2.05) is 30.3 Å². The van der Waals surface area contributed by atoms with Crippen molar-refractivity contribution in [1.82, 2.24) is 0 Å². The maximum atomic E-state index is 12.0. The number of rotatable bonds is 4. The molecule has 0 bridgehead atoms. The summed E-state index contributed by atoms with van der Waals surface area (Å²) in [6.45, 7) is 0. The van der Waals surface area contributed by atoms with Crippen molar-refractivity contribution in [3.05, 3.63) is 70.1 Å². The summed E-state index contributed by atoms with van der Waals surface area (Å²) in [5.41, 5.74) is 1.19. The Morgan fingerprint density at radius 2 is 1.73 bits per heavy atom. The van der Waals surface area contributed by atoms with Gasteiger partial charge in [-0.2, -0.15) is 0 Å². The van der Waals surface area contributed by atoms with Gasteiger partial charge in [-0.1, -0.05) is 30.3 Å². The largest absolute Gasteiger partial charge is 0.508 e. The van der Waals surface area contributed by atoms with Crippen LogP contribution < -0.4 is 5.63 Å². The second-order valence-corrected chi connectivity index (χ2v) is 5.24. The van der Waals surface area contributed by atoms with Crippen LogP contribution in [0, 0.1) is 0 Å². The summed E-state index contributed by atoms with van der Waals surface area (Å²) in [5, 5.41) is 20.1. The molecule has 4 heteroatoms. The minimum atomic E-state index is -0.524. The van der Waals surface area contributed by atoms with Crippen molar-refractivity contribution in [2.24, 2.45) is 0 Å². The fourth-order valence-electron chi connectivity index (χ4n) is 2.55. The number of fused-ring (bicyclic) bond motifs is 1. The maximum absolute atomic E-state index is 12.0. The second-order valence-electron chi connectivity index (χ2n) is 5.24. The standard InChI is InChI=1S/C18H16O4/c19-13-9-10-16-15(11-13)17(20)14(18(21)22-16)8-4-7-12-5-2-1-3-6-12/h1-3,5-6,9-11,19-20H,4,7-8H2. The summed E-state index contributed by atoms with van der Waals surface area (Å²) in [5.74, 6) is -0.0814. The van der Waals surface area contributed by atoms with E-state index in [1.54, 1.807) is 0 Å². The van der Waals surface area contributed by atoms with Crippen molar-refractivity contribution >= 4 is 11.0 Å². The predicted octanol–water partition coefficient (Wildman–Crippen LogP) is 3.38. The van der Waals surface area contributed by atoms with Crippen molar-refractivity contribution in [3.63, 3.8) is 0 Å². The SMILES string of the molecule is O=c1oc2ccc(O)cc2c(O)c1CCCc1ccccc1. The molecule has 0 amide bonds. The molecule has 0 aliphatic rings. The number of aryl methyl sites for hydroxylation is 1. The summed E-state index contributed by atoms with van der Waals surface area (Å²) in [6, 6.07) is 14.2. The molecule has 0 radical (unpaired) electrons. The van der Waals surface area contributed by atoms with Crippen LogP contribution in [0.5, 0.6) is 11.5 Å². The number of hydrogen-bond donors (Lipinski definition) is 2. The van der Waals surface area contributed by atoms with E-state index in [0.717, 1.165) is 12.8 Å². The highest BCUT2D eigenvalue weighted by Gasteiger charge is 2.14. The average Bonchev–Trinajstić information content (AvgIpc) is 2.52. The van der Waals surface area contributed by atoms with E-state index >= 15 is 0 Å². The van der Waals surface area contributed by atoms with Crippen LogP contribution >= 0.6 is 0 Å². The Balaban J connectivity index is 1.85. The molecule has 0 fully saturated rings. The van der Waals surface area contributed by atoms with Gasteiger partial charge in [0.25, 0.3) is 0 Å². The van der Waals surface area contributed by atoms with Crippen LogP contribution in [-0.4, -0.2) is 10.2 Å². The van der Waals surface area contributed by atoms with Gasteiger partial charge >= 0.3 is 5.63 Å². The van der Waals surface area contributed by atoms with Gasteiger partial charge in [0.1, 0.15) is 17.1 Å². The maximum Gasteiger partial charge on any atom is 0.343 e. The minimum absolute atomic E-state index is 0.0203. The molecule has 1 aromatic heterocycles. The Hall–Kier alpha value is -2.75. The van der Waals surface area contributed by atoms with Crippen LogP contribution in [0.3, 0.4) is 0 Å². The predicted molar refractivity (Wildman–Crippen MR) is 84.3 cm³/mol. The molecule has 0 aliphatic carbocycles. The first-order valence-electron chi connectivity index (χ1n) is 7.17. The summed E-state index contributed by atoms with van der Waals surface area (Å²) >= 11 is 0. The number of aromatic hydroxyl groups is 2. The van der Waals surface area contributed by atoms with E-state index in [-0.39, 0.29) is 22.6 Å².